The molecular weight excluding hydrogens is 366 g/mol. The van der Waals surface area contributed by atoms with Crippen LogP contribution < -0.4 is 22.1 Å². The summed E-state index contributed by atoms with van der Waals surface area (Å²) in [5, 5.41) is 13.3. The number of carbonyl (C=O) groups excluding carboxylic acids is 1. The summed E-state index contributed by atoms with van der Waals surface area (Å²) in [7, 11) is 0. The molecule has 29 heavy (non-hydrogen) atoms. The van der Waals surface area contributed by atoms with E-state index in [0.29, 0.717) is 17.9 Å². The first-order valence-corrected chi connectivity index (χ1v) is 10.5. The molecule has 1 aromatic heterocycles. The number of hydrogen-bond donors (Lipinski definition) is 5. The minimum Gasteiger partial charge on any atom is -0.383 e. The normalized spacial score (nSPS) is 23.8. The van der Waals surface area contributed by atoms with Crippen LogP contribution in [0.25, 0.3) is 0 Å². The van der Waals surface area contributed by atoms with Crippen molar-refractivity contribution in [2.24, 2.45) is 11.7 Å². The van der Waals surface area contributed by atoms with Crippen LogP contribution in [0.15, 0.2) is 24.3 Å². The molecule has 1 amide bonds. The van der Waals surface area contributed by atoms with Crippen LogP contribution >= 0.6 is 0 Å². The Labute approximate surface area is 171 Å². The highest BCUT2D eigenvalue weighted by Gasteiger charge is 2.33. The molecule has 2 unspecified atom stereocenters. The van der Waals surface area contributed by atoms with Gasteiger partial charge in [-0.05, 0) is 68.9 Å². The SMILES string of the molecule is CC1CCN(C2CCNCC2)C(c2ccc(Nc3n[nH]c(N)c3C(N)=O)cc2)C1. The molecule has 1 aromatic carbocycles. The molecule has 2 aromatic rings. The van der Waals surface area contributed by atoms with E-state index in [1.165, 1.54) is 37.8 Å². The number of rotatable bonds is 5. The van der Waals surface area contributed by atoms with Gasteiger partial charge in [0.2, 0.25) is 0 Å². The van der Waals surface area contributed by atoms with Crippen molar-refractivity contribution in [3.8, 4) is 0 Å². The zero-order valence-corrected chi connectivity index (χ0v) is 16.9. The van der Waals surface area contributed by atoms with Crippen LogP contribution in [0.5, 0.6) is 0 Å². The van der Waals surface area contributed by atoms with Crippen LogP contribution in [-0.4, -0.2) is 46.7 Å². The topological polar surface area (TPSA) is 125 Å². The van der Waals surface area contributed by atoms with Crippen LogP contribution in [0.2, 0.25) is 0 Å². The number of benzene rings is 1. The number of nitrogens with two attached hydrogens (primary N) is 2. The smallest absolute Gasteiger partial charge is 0.256 e. The first-order chi connectivity index (χ1) is 14.0. The number of aromatic nitrogens is 2. The van der Waals surface area contributed by atoms with Gasteiger partial charge in [0.1, 0.15) is 11.4 Å². The van der Waals surface area contributed by atoms with Gasteiger partial charge in [-0.1, -0.05) is 19.1 Å². The fourth-order valence-corrected chi connectivity index (χ4v) is 4.68. The molecule has 7 N–H and O–H groups in total. The molecule has 2 aliphatic rings. The maximum atomic E-state index is 11.6. The van der Waals surface area contributed by atoms with Gasteiger partial charge in [0.25, 0.3) is 5.91 Å². The molecule has 2 aliphatic heterocycles. The minimum atomic E-state index is -0.607. The number of nitrogens with zero attached hydrogens (tertiary/aromatic N) is 2. The van der Waals surface area contributed by atoms with Gasteiger partial charge < -0.3 is 22.1 Å². The molecule has 8 heteroatoms. The fourth-order valence-electron chi connectivity index (χ4n) is 4.68. The average Bonchev–Trinajstić information content (AvgIpc) is 3.09. The van der Waals surface area contributed by atoms with Gasteiger partial charge in [0.15, 0.2) is 5.82 Å². The number of amides is 1. The van der Waals surface area contributed by atoms with Crippen molar-refractivity contribution in [2.75, 3.05) is 30.7 Å². The second-order valence-electron chi connectivity index (χ2n) is 8.34. The van der Waals surface area contributed by atoms with Crippen molar-refractivity contribution in [1.29, 1.82) is 0 Å². The van der Waals surface area contributed by atoms with Crippen molar-refractivity contribution in [1.82, 2.24) is 20.4 Å². The fraction of sp³-hybridized carbons (Fsp3) is 0.524. The molecule has 0 bridgehead atoms. The standard InChI is InChI=1S/C21H31N7O/c1-13-8-11-28(16-6-9-24-10-7-16)17(12-13)14-2-4-15(5-3-14)25-21-18(20(23)29)19(22)26-27-21/h2-5,13,16-17,24H,6-12H2,1H3,(H2,23,29)(H4,22,25,26,27). The molecule has 2 saturated heterocycles. The van der Waals surface area contributed by atoms with Crippen LogP contribution in [-0.2, 0) is 0 Å². The highest BCUT2D eigenvalue weighted by Crippen LogP contribution is 2.37. The lowest BCUT2D eigenvalue weighted by molar-refractivity contribution is 0.0560. The Bertz CT molecular complexity index is 841. The quantitative estimate of drug-likeness (QED) is 0.527. The van der Waals surface area contributed by atoms with Crippen LogP contribution in [0.4, 0.5) is 17.3 Å². The minimum absolute atomic E-state index is 0.172. The predicted molar refractivity (Wildman–Crippen MR) is 115 cm³/mol. The van der Waals surface area contributed by atoms with Gasteiger partial charge in [-0.3, -0.25) is 14.8 Å². The zero-order chi connectivity index (χ0) is 20.4. The lowest BCUT2D eigenvalue weighted by Crippen LogP contribution is -2.47. The van der Waals surface area contributed by atoms with Crippen molar-refractivity contribution < 1.29 is 4.79 Å². The number of nitrogen functional groups attached to an aromatic ring is 1. The predicted octanol–water partition coefficient (Wildman–Crippen LogP) is 2.36. The second-order valence-corrected chi connectivity index (χ2v) is 8.34. The van der Waals surface area contributed by atoms with E-state index in [1.807, 2.05) is 12.1 Å². The third kappa shape index (κ3) is 4.23. The molecule has 8 nitrogen and oxygen atoms in total. The number of primary amides is 1. The monoisotopic (exact) mass is 397 g/mol. The summed E-state index contributed by atoms with van der Waals surface area (Å²) in [4.78, 5) is 14.3. The number of piperidine rings is 2. The Morgan fingerprint density at radius 1 is 1.21 bits per heavy atom. The van der Waals surface area contributed by atoms with E-state index in [9.17, 15) is 4.79 Å². The van der Waals surface area contributed by atoms with E-state index in [-0.39, 0.29) is 11.4 Å². The number of likely N-dealkylation sites (tertiary alicyclic amines) is 1. The molecule has 0 saturated carbocycles. The molecule has 0 spiro atoms. The summed E-state index contributed by atoms with van der Waals surface area (Å²) < 4.78 is 0. The van der Waals surface area contributed by atoms with Gasteiger partial charge >= 0.3 is 0 Å². The number of H-pyrrole nitrogens is 1. The van der Waals surface area contributed by atoms with Gasteiger partial charge in [-0.2, -0.15) is 5.10 Å². The summed E-state index contributed by atoms with van der Waals surface area (Å²) in [5.74, 6) is 0.654. The first-order valence-electron chi connectivity index (χ1n) is 10.5. The van der Waals surface area contributed by atoms with Gasteiger partial charge in [0, 0.05) is 17.8 Å². The average molecular weight is 398 g/mol. The lowest BCUT2D eigenvalue weighted by atomic mass is 9.86. The molecule has 2 atom stereocenters. The first kappa shape index (κ1) is 19.7. The third-order valence-corrected chi connectivity index (χ3v) is 6.28. The number of carbonyl (C=O) groups is 1. The van der Waals surface area contributed by atoms with Crippen molar-refractivity contribution in [3.05, 3.63) is 35.4 Å². The summed E-state index contributed by atoms with van der Waals surface area (Å²) in [5.41, 5.74) is 13.5. The third-order valence-electron chi connectivity index (χ3n) is 6.28. The van der Waals surface area contributed by atoms with Crippen molar-refractivity contribution in [2.45, 2.75) is 44.7 Å². The van der Waals surface area contributed by atoms with Crippen LogP contribution in [0.3, 0.4) is 0 Å². The summed E-state index contributed by atoms with van der Waals surface area (Å²) in [6.07, 6.45) is 4.91. The van der Waals surface area contributed by atoms with E-state index >= 15 is 0 Å². The largest absolute Gasteiger partial charge is 0.383 e. The van der Waals surface area contributed by atoms with Crippen LogP contribution in [0.1, 0.15) is 54.6 Å². The second kappa shape index (κ2) is 8.42. The Morgan fingerprint density at radius 2 is 1.93 bits per heavy atom. The number of aromatic amines is 1. The Hall–Kier alpha value is -2.58. The van der Waals surface area contributed by atoms with E-state index in [2.05, 4.69) is 44.8 Å². The van der Waals surface area contributed by atoms with Crippen molar-refractivity contribution >= 4 is 23.2 Å². The number of nitrogens with one attached hydrogen (secondary N) is 3. The van der Waals surface area contributed by atoms with Gasteiger partial charge in [0.05, 0.1) is 0 Å². The number of anilines is 3. The summed E-state index contributed by atoms with van der Waals surface area (Å²) in [6.45, 7) is 5.75. The Balaban J connectivity index is 1.52. The molecule has 2 fully saturated rings. The highest BCUT2D eigenvalue weighted by molar-refractivity contribution is 6.02. The molecular formula is C21H31N7O. The summed E-state index contributed by atoms with van der Waals surface area (Å²) >= 11 is 0. The molecule has 3 heterocycles. The number of hydrogen-bond acceptors (Lipinski definition) is 6. The van der Waals surface area contributed by atoms with Gasteiger partial charge in [-0.25, -0.2) is 0 Å². The molecule has 156 valence electrons. The maximum Gasteiger partial charge on any atom is 0.256 e. The lowest BCUT2D eigenvalue weighted by Gasteiger charge is -2.45. The zero-order valence-electron chi connectivity index (χ0n) is 16.9. The van der Waals surface area contributed by atoms with Crippen molar-refractivity contribution in [3.63, 3.8) is 0 Å². The van der Waals surface area contributed by atoms with E-state index in [4.69, 9.17) is 11.5 Å². The molecule has 4 rings (SSSR count). The molecule has 0 aliphatic carbocycles. The Kier molecular flexibility index (Phi) is 5.73. The van der Waals surface area contributed by atoms with Crippen LogP contribution in [0, 0.1) is 5.92 Å². The highest BCUT2D eigenvalue weighted by atomic mass is 16.1. The van der Waals surface area contributed by atoms with E-state index < -0.39 is 5.91 Å². The van der Waals surface area contributed by atoms with E-state index in [0.717, 1.165) is 24.7 Å². The van der Waals surface area contributed by atoms with E-state index in [1.54, 1.807) is 0 Å². The van der Waals surface area contributed by atoms with Gasteiger partial charge in [-0.15, -0.1) is 0 Å². The maximum absolute atomic E-state index is 11.6. The Morgan fingerprint density at radius 3 is 2.62 bits per heavy atom. The molecule has 0 radical (unpaired) electrons. The summed E-state index contributed by atoms with van der Waals surface area (Å²) in [6, 6.07) is 9.54.